The number of imidazole rings is 1. The van der Waals surface area contributed by atoms with E-state index in [4.69, 9.17) is 102 Å². The first kappa shape index (κ1) is 61.7. The van der Waals surface area contributed by atoms with E-state index in [0.29, 0.717) is 47.4 Å². The molecule has 8 heterocycles. The van der Waals surface area contributed by atoms with Crippen LogP contribution in [0.3, 0.4) is 0 Å². The Balaban J connectivity index is 1.06. The number of amides is 1. The van der Waals surface area contributed by atoms with E-state index in [0.717, 1.165) is 5.56 Å². The summed E-state index contributed by atoms with van der Waals surface area (Å²) in [7, 11) is -5.58. The number of rotatable bonds is 13. The number of esters is 1. The molecule has 0 spiro atoms. The van der Waals surface area contributed by atoms with Crippen molar-refractivity contribution in [3.05, 3.63) is 119 Å². The molecule has 0 radical (unpaired) electrons. The Morgan fingerprint density at radius 1 is 0.819 bits per heavy atom. The fourth-order valence-corrected chi connectivity index (χ4v) is 16.1. The molecule has 6 aromatic rings. The van der Waals surface area contributed by atoms with Gasteiger partial charge in [-0.2, -0.15) is 0 Å². The molecule has 4 aromatic heterocycles. The highest BCUT2D eigenvalue weighted by Crippen LogP contribution is 2.58. The quantitative estimate of drug-likeness (QED) is 0.0283. The minimum Gasteiger partial charge on any atom is -0.454 e. The normalized spacial score (nSPS) is 27.3. The van der Waals surface area contributed by atoms with Crippen molar-refractivity contribution in [1.29, 1.82) is 0 Å². The second-order valence-electron chi connectivity index (χ2n) is 23.8. The summed E-state index contributed by atoms with van der Waals surface area (Å²) in [6.45, 7) is 19.3. The van der Waals surface area contributed by atoms with Crippen molar-refractivity contribution in [2.45, 2.75) is 146 Å². The van der Waals surface area contributed by atoms with Gasteiger partial charge in [-0.1, -0.05) is 89.5 Å². The second kappa shape index (κ2) is 24.1. The van der Waals surface area contributed by atoms with Crippen molar-refractivity contribution in [3.63, 3.8) is 0 Å². The molecule has 0 aliphatic carbocycles. The average molecular weight is 1270 g/mol. The van der Waals surface area contributed by atoms with E-state index in [1.165, 1.54) is 12.7 Å². The van der Waals surface area contributed by atoms with Gasteiger partial charge in [-0.3, -0.25) is 23.3 Å². The Morgan fingerprint density at radius 3 is 2.14 bits per heavy atom. The molecule has 2 aromatic carbocycles. The minimum atomic E-state index is -4.34. The number of hydrogen-bond donors (Lipinski definition) is 1. The number of halogens is 1. The van der Waals surface area contributed by atoms with E-state index in [-0.39, 0.29) is 71.1 Å². The van der Waals surface area contributed by atoms with Crippen molar-refractivity contribution in [3.8, 4) is 0 Å². The van der Waals surface area contributed by atoms with Gasteiger partial charge < -0.3 is 50.9 Å². The zero-order valence-electron chi connectivity index (χ0n) is 47.7. The first-order valence-electron chi connectivity index (χ1n) is 27.2. The van der Waals surface area contributed by atoms with Gasteiger partial charge in [-0.05, 0) is 103 Å². The molecule has 0 saturated carbocycles. The van der Waals surface area contributed by atoms with Crippen LogP contribution in [0.1, 0.15) is 92.5 Å². The summed E-state index contributed by atoms with van der Waals surface area (Å²) < 4.78 is 71.3. The molecule has 10 rings (SSSR count). The lowest BCUT2D eigenvalue weighted by Crippen LogP contribution is -2.50. The topological polar surface area (TPSA) is 229 Å². The monoisotopic (exact) mass is 1270 g/mol. The molecule has 22 nitrogen and oxygen atoms in total. The van der Waals surface area contributed by atoms with Gasteiger partial charge >= 0.3 is 19.4 Å². The van der Waals surface area contributed by atoms with Crippen LogP contribution in [-0.2, 0) is 82.3 Å². The molecule has 1 N–H and O–H groups in total. The van der Waals surface area contributed by atoms with Gasteiger partial charge in [0, 0.05) is 18.3 Å². The zero-order chi connectivity index (χ0) is 59.4. The third-order valence-electron chi connectivity index (χ3n) is 16.1. The minimum absolute atomic E-state index is 0.0271. The first-order chi connectivity index (χ1) is 39.2. The van der Waals surface area contributed by atoms with Gasteiger partial charge in [-0.25, -0.2) is 36.3 Å². The van der Waals surface area contributed by atoms with Gasteiger partial charge in [0.2, 0.25) is 6.54 Å². The highest BCUT2D eigenvalue weighted by molar-refractivity contribution is 8.07. The highest BCUT2D eigenvalue weighted by atomic mass is 35.5. The highest BCUT2D eigenvalue weighted by Gasteiger charge is 2.57. The predicted octanol–water partition coefficient (Wildman–Crippen LogP) is 10.6. The summed E-state index contributed by atoms with van der Waals surface area (Å²) in [6, 6.07) is 17.6. The molecule has 2 bridgehead atoms. The number of aromatic nitrogens is 7. The number of hydrogen-bond acceptors (Lipinski definition) is 19. The van der Waals surface area contributed by atoms with E-state index in [9.17, 15) is 14.5 Å². The summed E-state index contributed by atoms with van der Waals surface area (Å²) in [6.07, 6.45) is -2.70. The number of anilines is 1. The number of ether oxygens (including phenoxy) is 3. The maximum Gasteiger partial charge on any atom is 0.338 e. The summed E-state index contributed by atoms with van der Waals surface area (Å²) >= 11 is 19.2. The van der Waals surface area contributed by atoms with Crippen molar-refractivity contribution in [2.24, 2.45) is 0 Å². The first-order valence-corrected chi connectivity index (χ1v) is 38.6. The second-order valence-corrected chi connectivity index (χ2v) is 39.4. The Bertz CT molecular complexity index is 3530. The molecule has 83 heavy (non-hydrogen) atoms. The number of aryl methyl sites for hydroxylation is 1. The van der Waals surface area contributed by atoms with Crippen LogP contribution in [0.15, 0.2) is 79.5 Å². The summed E-state index contributed by atoms with van der Waals surface area (Å²) in [5.74, 6) is -0.264. The third-order valence-corrected chi connectivity index (χ3v) is 29.3. The van der Waals surface area contributed by atoms with Crippen LogP contribution in [0.2, 0.25) is 41.4 Å². The van der Waals surface area contributed by atoms with Gasteiger partial charge in [0.1, 0.15) is 66.5 Å². The van der Waals surface area contributed by atoms with Gasteiger partial charge in [0.15, 0.2) is 52.3 Å². The molecule has 4 aliphatic rings. The molecule has 444 valence electrons. The lowest BCUT2D eigenvalue weighted by atomic mass is 10.1. The molecule has 3 fully saturated rings. The molecule has 29 heteroatoms. The zero-order valence-corrected chi connectivity index (χ0v) is 53.9. The Kier molecular flexibility index (Phi) is 17.9. The van der Waals surface area contributed by atoms with E-state index in [1.54, 1.807) is 51.9 Å². The third kappa shape index (κ3) is 12.9. The van der Waals surface area contributed by atoms with Gasteiger partial charge in [-0.15, -0.1) is 0 Å². The van der Waals surface area contributed by atoms with Crippen LogP contribution in [0, 0.1) is 6.57 Å². The van der Waals surface area contributed by atoms with Crippen molar-refractivity contribution >= 4 is 105 Å². The fourth-order valence-electron chi connectivity index (χ4n) is 9.80. The van der Waals surface area contributed by atoms with E-state index in [2.05, 4.69) is 82.5 Å². The SMILES string of the molecule is [C-]#[N+]CCOP1(=S)OC[C@H]2O[C@@H](n3cc4c5c(ncnc53)N(C(=O)c3ccccc3)CCC4)[C@H](O[Si](C)(C)C(C)(C)C)[C@@H]2OP(O)(=S)OC[C@H]2O[C@@H](n3cnc4c(Cl)nc(COC(=O)c5ccccc5)nc43)[C@H](O1)[C@@H]2O[Si](C)(C)C(C)(C)C. The lowest BCUT2D eigenvalue weighted by molar-refractivity contribution is -0.0618. The largest absolute Gasteiger partial charge is 0.454 e. The van der Waals surface area contributed by atoms with E-state index >= 15 is 0 Å². The predicted molar refractivity (Wildman–Crippen MR) is 322 cm³/mol. The van der Waals surface area contributed by atoms with E-state index < -0.39 is 85.1 Å². The molecule has 3 saturated heterocycles. The summed E-state index contributed by atoms with van der Waals surface area (Å²) in [5.41, 5.74) is 2.60. The number of nitrogens with zero attached hydrogens (tertiary/aromatic N) is 9. The van der Waals surface area contributed by atoms with Crippen LogP contribution in [0.25, 0.3) is 27.0 Å². The number of benzene rings is 2. The molecular formula is C54H68ClN9O13P2S2Si2. The van der Waals surface area contributed by atoms with Crippen molar-refractivity contribution in [1.82, 2.24) is 34.1 Å². The summed E-state index contributed by atoms with van der Waals surface area (Å²) in [5, 5.41) is -0.0366. The van der Waals surface area contributed by atoms with Crippen LogP contribution in [0.4, 0.5) is 5.82 Å². The number of carbonyl (C=O) groups is 2. The summed E-state index contributed by atoms with van der Waals surface area (Å²) in [4.78, 5) is 68.3. The molecule has 1 amide bonds. The molecule has 10 atom stereocenters. The maximum atomic E-state index is 14.2. The lowest BCUT2D eigenvalue weighted by Gasteiger charge is -2.41. The van der Waals surface area contributed by atoms with Crippen LogP contribution in [0.5, 0.6) is 0 Å². The fraction of sp³-hybridized carbons (Fsp3) is 0.519. The maximum absolute atomic E-state index is 14.2. The van der Waals surface area contributed by atoms with Crippen LogP contribution < -0.4 is 4.90 Å². The Morgan fingerprint density at radius 2 is 1.47 bits per heavy atom. The van der Waals surface area contributed by atoms with Crippen LogP contribution in [-0.4, -0.2) is 137 Å². The van der Waals surface area contributed by atoms with E-state index in [1.807, 2.05) is 29.0 Å². The average Bonchev–Trinajstić information content (AvgIpc) is 2.18. The molecule has 2 unspecified atom stereocenters. The van der Waals surface area contributed by atoms with Gasteiger partial charge in [0.05, 0.1) is 30.5 Å². The smallest absolute Gasteiger partial charge is 0.338 e. The van der Waals surface area contributed by atoms with Gasteiger partial charge in [0.25, 0.3) is 5.91 Å². The molecular weight excluding hydrogens is 1200 g/mol. The Hall–Kier alpha value is -4.34. The molecule has 4 aliphatic heterocycles. The standard InChI is InChI=1S/C54H68ClN9O13P2S2Si2/c1-53(2,3)82(8,9)76-42-37-28-70-78(67,80)74-41-36(72-51(44(41)77-83(10,11)54(4,5)6)63-27-35-23-18-25-62(46-39(35)47(63)58-31-57-46)49(65)33-19-14-12-15-20-33)29-71-79(81,69-26-24-56-7)75-43(42)50(73-37)64-32-59-40-45(55)60-38(61-48(40)64)30-68-52(66)34-21-16-13-17-22-34/h12-17,19-22,27,31-32,36-37,41-44,50-51H,18,23-26,28-30H2,1-6,8-11H3,(H,67,80)/t36-,37-,41-,42-,43-,44-,50-,51-,78?,79?/m1/s1. The van der Waals surface area contributed by atoms with Crippen molar-refractivity contribution in [2.75, 3.05) is 37.8 Å². The van der Waals surface area contributed by atoms with Crippen LogP contribution >= 0.6 is 25.0 Å². The number of carbonyl (C=O) groups excluding carboxylic acids is 2. The Labute approximate surface area is 499 Å². The van der Waals surface area contributed by atoms with Crippen molar-refractivity contribution < 1.29 is 60.2 Å². The number of fused-ring (bicyclic) bond motifs is 4.